The third-order valence-electron chi connectivity index (χ3n) is 4.29. The number of hydrogen-bond donors (Lipinski definition) is 1. The SMILES string of the molecule is O=C(O)c1cc(Cl)cc(-c2ccc(S(=O)(=O)N3CCCCC3)cc2)c1. The molecule has 1 N–H and O–H groups in total. The molecule has 2 aromatic carbocycles. The van der Waals surface area contributed by atoms with Crippen molar-refractivity contribution in [3.05, 3.63) is 53.1 Å². The second kappa shape index (κ2) is 7.15. The summed E-state index contributed by atoms with van der Waals surface area (Å²) in [6, 6.07) is 11.0. The number of hydrogen-bond acceptors (Lipinski definition) is 3. The first-order chi connectivity index (χ1) is 11.9. The quantitative estimate of drug-likeness (QED) is 0.874. The second-order valence-corrected chi connectivity index (χ2v) is 8.40. The molecule has 1 saturated heterocycles. The molecule has 5 nitrogen and oxygen atoms in total. The molecule has 0 aliphatic carbocycles. The molecule has 0 atom stereocenters. The summed E-state index contributed by atoms with van der Waals surface area (Å²) in [5.74, 6) is -1.06. The van der Waals surface area contributed by atoms with Crippen molar-refractivity contribution in [1.29, 1.82) is 0 Å². The standard InChI is InChI=1S/C18H18ClNO4S/c19-16-11-14(10-15(12-16)18(21)22)13-4-6-17(7-5-13)25(23,24)20-8-2-1-3-9-20/h4-7,10-12H,1-3,8-9H2,(H,21,22). The molecule has 1 heterocycles. The average Bonchev–Trinajstić information content (AvgIpc) is 2.62. The van der Waals surface area contributed by atoms with Gasteiger partial charge in [-0.05, 0) is 54.3 Å². The van der Waals surface area contributed by atoms with Crippen molar-refractivity contribution < 1.29 is 18.3 Å². The number of sulfonamides is 1. The van der Waals surface area contributed by atoms with E-state index in [2.05, 4.69) is 0 Å². The van der Waals surface area contributed by atoms with Crippen LogP contribution in [0.25, 0.3) is 11.1 Å². The number of benzene rings is 2. The number of halogens is 1. The van der Waals surface area contributed by atoms with E-state index in [9.17, 15) is 13.2 Å². The molecule has 0 saturated carbocycles. The number of carboxylic acid groups (broad SMARTS) is 1. The normalized spacial score (nSPS) is 15.9. The van der Waals surface area contributed by atoms with Crippen LogP contribution in [-0.2, 0) is 10.0 Å². The molecule has 3 rings (SSSR count). The molecule has 0 aromatic heterocycles. The van der Waals surface area contributed by atoms with Crippen LogP contribution in [0.3, 0.4) is 0 Å². The average molecular weight is 380 g/mol. The van der Waals surface area contributed by atoms with Crippen molar-refractivity contribution in [2.45, 2.75) is 24.2 Å². The fraction of sp³-hybridized carbons (Fsp3) is 0.278. The summed E-state index contributed by atoms with van der Waals surface area (Å²) < 4.78 is 26.8. The Balaban J connectivity index is 1.91. The Morgan fingerprint density at radius 2 is 1.60 bits per heavy atom. The first-order valence-electron chi connectivity index (χ1n) is 8.02. The van der Waals surface area contributed by atoms with Gasteiger partial charge in [0, 0.05) is 18.1 Å². The number of carboxylic acids is 1. The lowest BCUT2D eigenvalue weighted by atomic mass is 10.0. The largest absolute Gasteiger partial charge is 0.478 e. The van der Waals surface area contributed by atoms with Crippen LogP contribution in [0.2, 0.25) is 5.02 Å². The summed E-state index contributed by atoms with van der Waals surface area (Å²) in [6.07, 6.45) is 2.83. The summed E-state index contributed by atoms with van der Waals surface area (Å²) in [4.78, 5) is 11.4. The number of rotatable bonds is 4. The Bertz CT molecular complexity index is 888. The zero-order valence-electron chi connectivity index (χ0n) is 13.5. The van der Waals surface area contributed by atoms with Gasteiger partial charge in [-0.2, -0.15) is 4.31 Å². The van der Waals surface area contributed by atoms with Gasteiger partial charge in [-0.3, -0.25) is 0 Å². The number of piperidine rings is 1. The number of carbonyl (C=O) groups is 1. The van der Waals surface area contributed by atoms with Crippen molar-refractivity contribution >= 4 is 27.6 Å². The highest BCUT2D eigenvalue weighted by Crippen LogP contribution is 2.27. The zero-order valence-corrected chi connectivity index (χ0v) is 15.1. The molecular weight excluding hydrogens is 362 g/mol. The van der Waals surface area contributed by atoms with E-state index in [0.29, 0.717) is 29.2 Å². The lowest BCUT2D eigenvalue weighted by Gasteiger charge is -2.25. The minimum atomic E-state index is -3.48. The van der Waals surface area contributed by atoms with E-state index in [-0.39, 0.29) is 10.5 Å². The maximum absolute atomic E-state index is 12.7. The monoisotopic (exact) mass is 379 g/mol. The maximum atomic E-state index is 12.7. The second-order valence-electron chi connectivity index (χ2n) is 6.02. The van der Waals surface area contributed by atoms with Gasteiger partial charge in [-0.1, -0.05) is 30.2 Å². The van der Waals surface area contributed by atoms with Crippen LogP contribution in [0.15, 0.2) is 47.4 Å². The van der Waals surface area contributed by atoms with Gasteiger partial charge in [0.2, 0.25) is 10.0 Å². The smallest absolute Gasteiger partial charge is 0.335 e. The van der Waals surface area contributed by atoms with Gasteiger partial charge in [0.15, 0.2) is 0 Å². The van der Waals surface area contributed by atoms with Crippen molar-refractivity contribution in [2.24, 2.45) is 0 Å². The molecule has 0 bridgehead atoms. The summed E-state index contributed by atoms with van der Waals surface area (Å²) in [5.41, 5.74) is 1.43. The van der Waals surface area contributed by atoms with Gasteiger partial charge >= 0.3 is 5.97 Å². The highest BCUT2D eigenvalue weighted by Gasteiger charge is 2.25. The molecule has 1 aliphatic heterocycles. The predicted molar refractivity (Wildman–Crippen MR) is 96.5 cm³/mol. The minimum Gasteiger partial charge on any atom is -0.478 e. The highest BCUT2D eigenvalue weighted by molar-refractivity contribution is 7.89. The van der Waals surface area contributed by atoms with Crippen molar-refractivity contribution in [1.82, 2.24) is 4.31 Å². The fourth-order valence-corrected chi connectivity index (χ4v) is 4.71. The van der Waals surface area contributed by atoms with Gasteiger partial charge in [0.1, 0.15) is 0 Å². The van der Waals surface area contributed by atoms with Crippen LogP contribution < -0.4 is 0 Å². The van der Waals surface area contributed by atoms with Crippen LogP contribution in [0.4, 0.5) is 0 Å². The molecule has 25 heavy (non-hydrogen) atoms. The van der Waals surface area contributed by atoms with E-state index in [4.69, 9.17) is 16.7 Å². The Morgan fingerprint density at radius 3 is 2.20 bits per heavy atom. The van der Waals surface area contributed by atoms with E-state index in [1.165, 1.54) is 16.4 Å². The van der Waals surface area contributed by atoms with Gasteiger partial charge in [0.25, 0.3) is 0 Å². The third kappa shape index (κ3) is 3.86. The molecular formula is C18H18ClNO4S. The predicted octanol–water partition coefficient (Wildman–Crippen LogP) is 3.88. The van der Waals surface area contributed by atoms with Crippen molar-refractivity contribution in [2.75, 3.05) is 13.1 Å². The fourth-order valence-electron chi connectivity index (χ4n) is 2.95. The molecule has 7 heteroatoms. The molecule has 1 aliphatic rings. The summed E-state index contributed by atoms with van der Waals surface area (Å²) in [7, 11) is -3.48. The molecule has 132 valence electrons. The first-order valence-corrected chi connectivity index (χ1v) is 9.84. The Kier molecular flexibility index (Phi) is 5.13. The van der Waals surface area contributed by atoms with E-state index >= 15 is 0 Å². The summed E-state index contributed by atoms with van der Waals surface area (Å²) >= 11 is 5.98. The van der Waals surface area contributed by atoms with Crippen LogP contribution in [0.5, 0.6) is 0 Å². The Hall–Kier alpha value is -1.89. The molecule has 2 aromatic rings. The van der Waals surface area contributed by atoms with E-state index in [1.807, 2.05) is 0 Å². The Labute approximate surface area is 151 Å². The minimum absolute atomic E-state index is 0.0903. The van der Waals surface area contributed by atoms with Gasteiger partial charge < -0.3 is 5.11 Å². The summed E-state index contributed by atoms with van der Waals surface area (Å²) in [6.45, 7) is 1.11. The van der Waals surface area contributed by atoms with Crippen LogP contribution in [0, 0.1) is 0 Å². The third-order valence-corrected chi connectivity index (χ3v) is 6.42. The van der Waals surface area contributed by atoms with Gasteiger partial charge in [0.05, 0.1) is 10.5 Å². The van der Waals surface area contributed by atoms with E-state index in [1.54, 1.807) is 30.3 Å². The molecule has 0 amide bonds. The Morgan fingerprint density at radius 1 is 0.960 bits per heavy atom. The summed E-state index contributed by atoms with van der Waals surface area (Å²) in [5, 5.41) is 9.45. The van der Waals surface area contributed by atoms with E-state index < -0.39 is 16.0 Å². The number of nitrogens with zero attached hydrogens (tertiary/aromatic N) is 1. The van der Waals surface area contributed by atoms with Gasteiger partial charge in [-0.15, -0.1) is 0 Å². The zero-order chi connectivity index (χ0) is 18.0. The van der Waals surface area contributed by atoms with Crippen LogP contribution in [0.1, 0.15) is 29.6 Å². The van der Waals surface area contributed by atoms with Crippen LogP contribution >= 0.6 is 11.6 Å². The number of aromatic carboxylic acids is 1. The van der Waals surface area contributed by atoms with Crippen molar-refractivity contribution in [3.8, 4) is 11.1 Å². The molecule has 0 unspecified atom stereocenters. The molecule has 1 fully saturated rings. The van der Waals surface area contributed by atoms with E-state index in [0.717, 1.165) is 19.3 Å². The lowest BCUT2D eigenvalue weighted by molar-refractivity contribution is 0.0697. The van der Waals surface area contributed by atoms with Crippen LogP contribution in [-0.4, -0.2) is 36.9 Å². The molecule has 0 radical (unpaired) electrons. The molecule has 0 spiro atoms. The highest BCUT2D eigenvalue weighted by atomic mass is 35.5. The first kappa shape index (κ1) is 17.9. The lowest BCUT2D eigenvalue weighted by Crippen LogP contribution is -2.35. The van der Waals surface area contributed by atoms with Crippen molar-refractivity contribution in [3.63, 3.8) is 0 Å². The topological polar surface area (TPSA) is 74.7 Å². The maximum Gasteiger partial charge on any atom is 0.335 e. The van der Waals surface area contributed by atoms with Gasteiger partial charge in [-0.25, -0.2) is 13.2 Å².